The van der Waals surface area contributed by atoms with Gasteiger partial charge in [0.1, 0.15) is 13.1 Å². The van der Waals surface area contributed by atoms with Gasteiger partial charge in [0.25, 0.3) is 5.91 Å². The number of imide groups is 1. The van der Waals surface area contributed by atoms with E-state index in [1.54, 1.807) is 18.1 Å². The van der Waals surface area contributed by atoms with Gasteiger partial charge in [-0.05, 0) is 25.0 Å². The van der Waals surface area contributed by atoms with Crippen LogP contribution < -0.4 is 0 Å². The predicted molar refractivity (Wildman–Crippen MR) is 77.5 cm³/mol. The quantitative estimate of drug-likeness (QED) is 0.741. The van der Waals surface area contributed by atoms with Gasteiger partial charge in [-0.15, -0.1) is 0 Å². The minimum atomic E-state index is -0.410. The van der Waals surface area contributed by atoms with E-state index in [4.69, 9.17) is 0 Å². The highest BCUT2D eigenvalue weighted by Gasteiger charge is 2.38. The number of amides is 4. The lowest BCUT2D eigenvalue weighted by molar-refractivity contribution is -0.137. The Morgan fingerprint density at radius 2 is 2.14 bits per heavy atom. The summed E-state index contributed by atoms with van der Waals surface area (Å²) in [7, 11) is 1.55. The largest absolute Gasteiger partial charge is 0.332 e. The first-order valence-corrected chi connectivity index (χ1v) is 7.31. The summed E-state index contributed by atoms with van der Waals surface area (Å²) < 4.78 is 0. The van der Waals surface area contributed by atoms with Crippen LogP contribution >= 0.6 is 0 Å². The van der Waals surface area contributed by atoms with Crippen LogP contribution in [0.15, 0.2) is 24.4 Å². The first-order valence-electron chi connectivity index (χ1n) is 7.31. The SMILES string of the molecule is CN1CC(=O)N(CC(=O)N(Cc2ccccn2)C2CC2)C1=O. The number of hydrogen-bond donors (Lipinski definition) is 0. The van der Waals surface area contributed by atoms with Crippen molar-refractivity contribution in [2.24, 2.45) is 0 Å². The number of nitrogens with zero attached hydrogens (tertiary/aromatic N) is 4. The molecule has 0 aromatic carbocycles. The van der Waals surface area contributed by atoms with Crippen molar-refractivity contribution in [2.75, 3.05) is 20.1 Å². The molecule has 1 saturated carbocycles. The minimum Gasteiger partial charge on any atom is -0.332 e. The molecule has 1 aliphatic carbocycles. The summed E-state index contributed by atoms with van der Waals surface area (Å²) in [6, 6.07) is 5.35. The fraction of sp³-hybridized carbons (Fsp3) is 0.467. The van der Waals surface area contributed by atoms with E-state index in [1.165, 1.54) is 4.90 Å². The van der Waals surface area contributed by atoms with E-state index in [-0.39, 0.29) is 30.9 Å². The van der Waals surface area contributed by atoms with Crippen LogP contribution in [-0.4, -0.2) is 63.7 Å². The molecule has 0 unspecified atom stereocenters. The van der Waals surface area contributed by atoms with E-state index in [9.17, 15) is 14.4 Å². The first kappa shape index (κ1) is 14.5. The average Bonchev–Trinajstić information content (AvgIpc) is 3.31. The molecule has 116 valence electrons. The molecule has 2 aliphatic rings. The number of carbonyl (C=O) groups is 3. The van der Waals surface area contributed by atoms with Gasteiger partial charge in [-0.2, -0.15) is 0 Å². The van der Waals surface area contributed by atoms with Gasteiger partial charge in [0.15, 0.2) is 0 Å². The number of aromatic nitrogens is 1. The molecule has 1 aliphatic heterocycles. The molecule has 2 fully saturated rings. The van der Waals surface area contributed by atoms with Crippen LogP contribution in [0.1, 0.15) is 18.5 Å². The zero-order valence-corrected chi connectivity index (χ0v) is 12.4. The summed E-state index contributed by atoms with van der Waals surface area (Å²) in [5.74, 6) is -0.528. The van der Waals surface area contributed by atoms with Crippen molar-refractivity contribution in [3.05, 3.63) is 30.1 Å². The van der Waals surface area contributed by atoms with Crippen molar-refractivity contribution in [1.29, 1.82) is 0 Å². The zero-order chi connectivity index (χ0) is 15.7. The molecular formula is C15H18N4O3. The van der Waals surface area contributed by atoms with Crippen LogP contribution in [-0.2, 0) is 16.1 Å². The maximum absolute atomic E-state index is 12.5. The fourth-order valence-electron chi connectivity index (χ4n) is 2.52. The van der Waals surface area contributed by atoms with Gasteiger partial charge in [-0.1, -0.05) is 6.07 Å². The van der Waals surface area contributed by atoms with E-state index in [2.05, 4.69) is 4.98 Å². The van der Waals surface area contributed by atoms with Crippen LogP contribution in [0.2, 0.25) is 0 Å². The van der Waals surface area contributed by atoms with Crippen molar-refractivity contribution in [3.63, 3.8) is 0 Å². The molecule has 0 radical (unpaired) electrons. The predicted octanol–water partition coefficient (Wildman–Crippen LogP) is 0.467. The molecule has 4 amide bonds. The number of pyridine rings is 1. The van der Waals surface area contributed by atoms with Crippen molar-refractivity contribution >= 4 is 17.8 Å². The maximum atomic E-state index is 12.5. The average molecular weight is 302 g/mol. The second-order valence-corrected chi connectivity index (χ2v) is 5.69. The highest BCUT2D eigenvalue weighted by atomic mass is 16.2. The molecule has 1 saturated heterocycles. The Labute approximate surface area is 128 Å². The Hall–Kier alpha value is -2.44. The highest BCUT2D eigenvalue weighted by molar-refractivity contribution is 6.04. The van der Waals surface area contributed by atoms with Gasteiger partial charge >= 0.3 is 6.03 Å². The number of hydrogen-bond acceptors (Lipinski definition) is 4. The van der Waals surface area contributed by atoms with Crippen LogP contribution in [0.5, 0.6) is 0 Å². The Kier molecular flexibility index (Phi) is 3.79. The van der Waals surface area contributed by atoms with Crippen molar-refractivity contribution in [1.82, 2.24) is 19.7 Å². The van der Waals surface area contributed by atoms with E-state index < -0.39 is 6.03 Å². The second kappa shape index (κ2) is 5.75. The molecule has 7 nitrogen and oxygen atoms in total. The molecule has 1 aromatic heterocycles. The van der Waals surface area contributed by atoms with Crippen LogP contribution in [0.3, 0.4) is 0 Å². The smallest absolute Gasteiger partial charge is 0.327 e. The Bertz CT molecular complexity index is 600. The third kappa shape index (κ3) is 2.93. The molecule has 2 heterocycles. The molecule has 3 rings (SSSR count). The molecular weight excluding hydrogens is 284 g/mol. The topological polar surface area (TPSA) is 73.8 Å². The molecule has 0 N–H and O–H groups in total. The van der Waals surface area contributed by atoms with E-state index >= 15 is 0 Å². The lowest BCUT2D eigenvalue weighted by Crippen LogP contribution is -2.43. The zero-order valence-electron chi connectivity index (χ0n) is 12.4. The standard InChI is InChI=1S/C15H18N4O3/c1-17-9-13(20)19(15(17)22)10-14(21)18(12-5-6-12)8-11-4-2-3-7-16-11/h2-4,7,12H,5-6,8-10H2,1H3. The first-order chi connectivity index (χ1) is 10.6. The van der Waals surface area contributed by atoms with E-state index in [0.29, 0.717) is 6.54 Å². The van der Waals surface area contributed by atoms with Gasteiger partial charge in [0, 0.05) is 19.3 Å². The lowest BCUT2D eigenvalue weighted by Gasteiger charge is -2.24. The summed E-state index contributed by atoms with van der Waals surface area (Å²) in [5.41, 5.74) is 0.805. The summed E-state index contributed by atoms with van der Waals surface area (Å²) in [4.78, 5) is 44.5. The normalized spacial score (nSPS) is 18.0. The third-order valence-electron chi connectivity index (χ3n) is 3.89. The van der Waals surface area contributed by atoms with Gasteiger partial charge in [-0.3, -0.25) is 19.5 Å². The molecule has 0 bridgehead atoms. The summed E-state index contributed by atoms with van der Waals surface area (Å²) >= 11 is 0. The monoisotopic (exact) mass is 302 g/mol. The summed E-state index contributed by atoms with van der Waals surface area (Å²) in [5, 5.41) is 0. The maximum Gasteiger partial charge on any atom is 0.327 e. The number of carbonyl (C=O) groups excluding carboxylic acids is 3. The van der Waals surface area contributed by atoms with Gasteiger partial charge in [0.05, 0.1) is 12.2 Å². The lowest BCUT2D eigenvalue weighted by atomic mass is 10.3. The van der Waals surface area contributed by atoms with Crippen molar-refractivity contribution in [3.8, 4) is 0 Å². The summed E-state index contributed by atoms with van der Waals surface area (Å²) in [6.45, 7) is 0.261. The number of rotatable bonds is 5. The number of urea groups is 1. The Morgan fingerprint density at radius 1 is 1.36 bits per heavy atom. The Morgan fingerprint density at radius 3 is 2.68 bits per heavy atom. The molecule has 0 atom stereocenters. The van der Waals surface area contributed by atoms with Crippen LogP contribution in [0.4, 0.5) is 4.79 Å². The van der Waals surface area contributed by atoms with Crippen molar-refractivity contribution in [2.45, 2.75) is 25.4 Å². The molecule has 1 aromatic rings. The number of likely N-dealkylation sites (N-methyl/N-ethyl adjacent to an activating group) is 1. The second-order valence-electron chi connectivity index (χ2n) is 5.69. The third-order valence-corrected chi connectivity index (χ3v) is 3.89. The molecule has 7 heteroatoms. The van der Waals surface area contributed by atoms with Crippen LogP contribution in [0, 0.1) is 0 Å². The molecule has 0 spiro atoms. The van der Waals surface area contributed by atoms with E-state index in [0.717, 1.165) is 23.4 Å². The van der Waals surface area contributed by atoms with Crippen LogP contribution in [0.25, 0.3) is 0 Å². The fourth-order valence-corrected chi connectivity index (χ4v) is 2.52. The Balaban J connectivity index is 1.68. The summed E-state index contributed by atoms with van der Waals surface area (Å²) in [6.07, 6.45) is 3.61. The highest BCUT2D eigenvalue weighted by Crippen LogP contribution is 2.28. The van der Waals surface area contributed by atoms with Gasteiger partial charge in [-0.25, -0.2) is 4.79 Å². The minimum absolute atomic E-state index is 0.0375. The van der Waals surface area contributed by atoms with Crippen molar-refractivity contribution < 1.29 is 14.4 Å². The molecule has 22 heavy (non-hydrogen) atoms. The van der Waals surface area contributed by atoms with Gasteiger partial charge in [0.2, 0.25) is 5.91 Å². The van der Waals surface area contributed by atoms with Gasteiger partial charge < -0.3 is 9.80 Å². The van der Waals surface area contributed by atoms with E-state index in [1.807, 2.05) is 18.2 Å².